The molecule has 1 N–H and O–H groups in total. The number of thiazole rings is 1. The van der Waals surface area contributed by atoms with Gasteiger partial charge in [-0.3, -0.25) is 9.59 Å². The number of methoxy groups -OCH3 is 1. The summed E-state index contributed by atoms with van der Waals surface area (Å²) in [4.78, 5) is 31.3. The van der Waals surface area contributed by atoms with Gasteiger partial charge in [-0.2, -0.15) is 13.2 Å². The van der Waals surface area contributed by atoms with Crippen molar-refractivity contribution in [3.05, 3.63) is 58.6 Å². The molecule has 0 saturated carbocycles. The topological polar surface area (TPSA) is 71.5 Å². The Morgan fingerprint density at radius 2 is 1.91 bits per heavy atom. The van der Waals surface area contributed by atoms with Gasteiger partial charge in [0.2, 0.25) is 5.91 Å². The number of hydrogen-bond acceptors (Lipinski definition) is 5. The average molecular weight is 475 g/mol. The Hall–Kier alpha value is -3.40. The normalized spacial score (nSPS) is 14.0. The first-order chi connectivity index (χ1) is 15.7. The molecule has 1 aromatic heterocycles. The Morgan fingerprint density at radius 1 is 1.18 bits per heavy atom. The molecule has 0 radical (unpaired) electrons. The van der Waals surface area contributed by atoms with E-state index in [1.165, 1.54) is 19.2 Å². The fraction of sp³-hybridized carbons (Fsp3) is 0.261. The highest BCUT2D eigenvalue weighted by molar-refractivity contribution is 7.17. The van der Waals surface area contributed by atoms with Crippen LogP contribution in [0.2, 0.25) is 0 Å². The number of halogens is 3. The van der Waals surface area contributed by atoms with E-state index in [2.05, 4.69) is 10.3 Å². The Kier molecular flexibility index (Phi) is 6.11. The molecule has 33 heavy (non-hydrogen) atoms. The van der Waals surface area contributed by atoms with Crippen molar-refractivity contribution < 1.29 is 27.5 Å². The van der Waals surface area contributed by atoms with Crippen LogP contribution >= 0.6 is 11.3 Å². The zero-order valence-corrected chi connectivity index (χ0v) is 18.6. The van der Waals surface area contributed by atoms with Crippen molar-refractivity contribution in [2.75, 3.05) is 23.9 Å². The second-order valence-corrected chi connectivity index (χ2v) is 8.50. The lowest BCUT2D eigenvalue weighted by Crippen LogP contribution is -2.24. The summed E-state index contributed by atoms with van der Waals surface area (Å²) >= 11 is 1.10. The summed E-state index contributed by atoms with van der Waals surface area (Å²) in [6, 6.07) is 9.72. The number of ether oxygens (including phenoxy) is 1. The highest BCUT2D eigenvalue weighted by atomic mass is 32.1. The minimum Gasteiger partial charge on any atom is -0.494 e. The van der Waals surface area contributed by atoms with Crippen molar-refractivity contribution in [2.45, 2.75) is 25.9 Å². The van der Waals surface area contributed by atoms with Gasteiger partial charge in [-0.25, -0.2) is 4.98 Å². The standard InChI is InChI=1S/C23H20F3N3O3S/c1-13-20(33-22(27-13)14-5-7-15(8-6-14)23(24,25)26)21(31)28-16-9-10-17(18(12-16)32-2)29-11-3-4-19(29)30/h5-10,12H,3-4,11H2,1-2H3,(H,28,31). The molecule has 1 saturated heterocycles. The largest absolute Gasteiger partial charge is 0.494 e. The van der Waals surface area contributed by atoms with E-state index in [-0.39, 0.29) is 5.91 Å². The van der Waals surface area contributed by atoms with Crippen LogP contribution in [0.25, 0.3) is 10.6 Å². The molecule has 10 heteroatoms. The van der Waals surface area contributed by atoms with Gasteiger partial charge in [-0.05, 0) is 37.6 Å². The first-order valence-corrected chi connectivity index (χ1v) is 10.9. The molecule has 1 aliphatic heterocycles. The maximum atomic E-state index is 12.9. The molecule has 3 aromatic rings. The SMILES string of the molecule is COc1cc(NC(=O)c2sc(-c3ccc(C(F)(F)F)cc3)nc2C)ccc1N1CCCC1=O. The number of amides is 2. The van der Waals surface area contributed by atoms with Gasteiger partial charge in [-0.15, -0.1) is 11.3 Å². The van der Waals surface area contributed by atoms with Crippen LogP contribution in [0.15, 0.2) is 42.5 Å². The van der Waals surface area contributed by atoms with Crippen molar-refractivity contribution in [1.29, 1.82) is 0 Å². The first kappa shape index (κ1) is 22.8. The summed E-state index contributed by atoms with van der Waals surface area (Å²) in [6.07, 6.45) is -3.14. The molecule has 2 aromatic carbocycles. The predicted molar refractivity (Wildman–Crippen MR) is 120 cm³/mol. The smallest absolute Gasteiger partial charge is 0.416 e. The zero-order valence-electron chi connectivity index (χ0n) is 17.8. The van der Waals surface area contributed by atoms with Crippen LogP contribution in [0.4, 0.5) is 24.5 Å². The molecular formula is C23H20F3N3O3S. The fourth-order valence-corrected chi connectivity index (χ4v) is 4.57. The van der Waals surface area contributed by atoms with Crippen LogP contribution < -0.4 is 15.0 Å². The van der Waals surface area contributed by atoms with Crippen molar-refractivity contribution >= 4 is 34.5 Å². The average Bonchev–Trinajstić information content (AvgIpc) is 3.38. The van der Waals surface area contributed by atoms with Crippen LogP contribution in [0, 0.1) is 6.92 Å². The van der Waals surface area contributed by atoms with Crippen molar-refractivity contribution in [1.82, 2.24) is 4.98 Å². The Bertz CT molecular complexity index is 1210. The predicted octanol–water partition coefficient (Wildman–Crippen LogP) is 5.53. The van der Waals surface area contributed by atoms with Gasteiger partial charge in [-0.1, -0.05) is 12.1 Å². The number of anilines is 2. The van der Waals surface area contributed by atoms with Crippen LogP contribution in [0.1, 0.15) is 33.8 Å². The van der Waals surface area contributed by atoms with Crippen LogP contribution in [-0.2, 0) is 11.0 Å². The maximum Gasteiger partial charge on any atom is 0.416 e. The molecule has 0 aliphatic carbocycles. The Balaban J connectivity index is 1.53. The lowest BCUT2D eigenvalue weighted by Gasteiger charge is -2.19. The van der Waals surface area contributed by atoms with Crippen molar-refractivity contribution in [3.8, 4) is 16.3 Å². The second-order valence-electron chi connectivity index (χ2n) is 7.50. The van der Waals surface area contributed by atoms with E-state index in [1.54, 1.807) is 30.0 Å². The molecule has 6 nitrogen and oxygen atoms in total. The van der Waals surface area contributed by atoms with E-state index >= 15 is 0 Å². The highest BCUT2D eigenvalue weighted by Gasteiger charge is 2.30. The molecule has 2 heterocycles. The number of benzene rings is 2. The van der Waals surface area contributed by atoms with Crippen molar-refractivity contribution in [2.24, 2.45) is 0 Å². The molecule has 4 rings (SSSR count). The lowest BCUT2D eigenvalue weighted by molar-refractivity contribution is -0.137. The molecule has 1 fully saturated rings. The maximum absolute atomic E-state index is 12.9. The van der Waals surface area contributed by atoms with Gasteiger partial charge in [0, 0.05) is 30.3 Å². The number of aryl methyl sites for hydroxylation is 1. The molecule has 172 valence electrons. The summed E-state index contributed by atoms with van der Waals surface area (Å²) in [7, 11) is 1.49. The van der Waals surface area contributed by atoms with E-state index in [0.717, 1.165) is 29.9 Å². The van der Waals surface area contributed by atoms with E-state index in [1.807, 2.05) is 0 Å². The molecule has 1 aliphatic rings. The van der Waals surface area contributed by atoms with Gasteiger partial charge in [0.05, 0.1) is 24.1 Å². The molecule has 0 atom stereocenters. The number of carbonyl (C=O) groups excluding carboxylic acids is 2. The molecular weight excluding hydrogens is 455 g/mol. The van der Waals surface area contributed by atoms with E-state index in [4.69, 9.17) is 4.74 Å². The summed E-state index contributed by atoms with van der Waals surface area (Å²) in [6.45, 7) is 2.29. The fourth-order valence-electron chi connectivity index (χ4n) is 3.60. The molecule has 0 unspecified atom stereocenters. The minimum atomic E-state index is -4.42. The third kappa shape index (κ3) is 4.70. The third-order valence-electron chi connectivity index (χ3n) is 5.26. The summed E-state index contributed by atoms with van der Waals surface area (Å²) < 4.78 is 43.8. The highest BCUT2D eigenvalue weighted by Crippen LogP contribution is 2.35. The van der Waals surface area contributed by atoms with E-state index < -0.39 is 17.6 Å². The second kappa shape index (κ2) is 8.86. The monoisotopic (exact) mass is 475 g/mol. The Morgan fingerprint density at radius 3 is 2.52 bits per heavy atom. The number of hydrogen-bond donors (Lipinski definition) is 1. The minimum absolute atomic E-state index is 0.0289. The summed E-state index contributed by atoms with van der Waals surface area (Å²) in [5, 5.41) is 3.25. The van der Waals surface area contributed by atoms with Crippen LogP contribution in [-0.4, -0.2) is 30.5 Å². The van der Waals surface area contributed by atoms with Gasteiger partial charge in [0.15, 0.2) is 0 Å². The lowest BCUT2D eigenvalue weighted by atomic mass is 10.1. The molecule has 0 spiro atoms. The zero-order chi connectivity index (χ0) is 23.8. The van der Waals surface area contributed by atoms with E-state index in [9.17, 15) is 22.8 Å². The quantitative estimate of drug-likeness (QED) is 0.527. The summed E-state index contributed by atoms with van der Waals surface area (Å²) in [5.74, 6) is 0.103. The molecule has 2 amide bonds. The van der Waals surface area contributed by atoms with E-state index in [0.29, 0.717) is 51.2 Å². The summed E-state index contributed by atoms with van der Waals surface area (Å²) in [5.41, 5.74) is 1.35. The first-order valence-electron chi connectivity index (χ1n) is 10.1. The van der Waals surface area contributed by atoms with Gasteiger partial charge >= 0.3 is 6.18 Å². The number of nitrogens with one attached hydrogen (secondary N) is 1. The number of nitrogens with zero attached hydrogens (tertiary/aromatic N) is 2. The van der Waals surface area contributed by atoms with Crippen LogP contribution in [0.5, 0.6) is 5.75 Å². The number of alkyl halides is 3. The number of aromatic nitrogens is 1. The number of rotatable bonds is 5. The van der Waals surface area contributed by atoms with Gasteiger partial charge < -0.3 is 15.0 Å². The van der Waals surface area contributed by atoms with Crippen LogP contribution in [0.3, 0.4) is 0 Å². The number of carbonyl (C=O) groups is 2. The van der Waals surface area contributed by atoms with Crippen molar-refractivity contribution in [3.63, 3.8) is 0 Å². The van der Waals surface area contributed by atoms with Gasteiger partial charge in [0.1, 0.15) is 15.6 Å². The third-order valence-corrected chi connectivity index (χ3v) is 6.47. The molecule has 0 bridgehead atoms. The van der Waals surface area contributed by atoms with Gasteiger partial charge in [0.25, 0.3) is 5.91 Å². The Labute approximate surface area is 192 Å².